The maximum Gasteiger partial charge on any atom is 0.222 e. The SMILES string of the molecule is O=C(CC1CCCC1)N1CC[C@@H](O)[C@@](CO)(Cc2ccccc2)C1. The van der Waals surface area contributed by atoms with E-state index >= 15 is 0 Å². The van der Waals surface area contributed by atoms with Crippen molar-refractivity contribution in [2.75, 3.05) is 19.7 Å². The first-order valence-corrected chi connectivity index (χ1v) is 9.23. The van der Waals surface area contributed by atoms with E-state index < -0.39 is 11.5 Å². The number of hydrogen-bond donors (Lipinski definition) is 2. The molecule has 1 aliphatic carbocycles. The van der Waals surface area contributed by atoms with Gasteiger partial charge in [-0.1, -0.05) is 43.2 Å². The van der Waals surface area contributed by atoms with E-state index in [0.717, 1.165) is 18.4 Å². The molecule has 0 bridgehead atoms. The van der Waals surface area contributed by atoms with Crippen LogP contribution in [0.1, 0.15) is 44.1 Å². The predicted molar refractivity (Wildman–Crippen MR) is 93.4 cm³/mol. The van der Waals surface area contributed by atoms with Gasteiger partial charge < -0.3 is 15.1 Å². The summed E-state index contributed by atoms with van der Waals surface area (Å²) in [5.74, 6) is 0.724. The Morgan fingerprint density at radius 3 is 2.54 bits per heavy atom. The zero-order valence-corrected chi connectivity index (χ0v) is 14.4. The van der Waals surface area contributed by atoms with Crippen molar-refractivity contribution in [3.8, 4) is 0 Å². The average Bonchev–Trinajstić information content (AvgIpc) is 3.11. The van der Waals surface area contributed by atoms with Crippen molar-refractivity contribution in [3.63, 3.8) is 0 Å². The molecule has 0 spiro atoms. The molecule has 2 atom stereocenters. The second-order valence-electron chi connectivity index (χ2n) is 7.66. The summed E-state index contributed by atoms with van der Waals surface area (Å²) in [6.07, 6.45) is 6.01. The highest BCUT2D eigenvalue weighted by Gasteiger charge is 2.43. The number of benzene rings is 1. The predicted octanol–water partition coefficient (Wildman–Crippen LogP) is 2.38. The molecule has 132 valence electrons. The number of aliphatic hydroxyl groups is 2. The van der Waals surface area contributed by atoms with Crippen LogP contribution in [0.4, 0.5) is 0 Å². The Morgan fingerprint density at radius 1 is 1.17 bits per heavy atom. The lowest BCUT2D eigenvalue weighted by atomic mass is 9.73. The third-order valence-electron chi connectivity index (χ3n) is 5.89. The first kappa shape index (κ1) is 17.4. The standard InChI is InChI=1S/C20H29NO3/c22-15-20(13-17-8-2-1-3-9-17)14-21(11-10-18(20)23)19(24)12-16-6-4-5-7-16/h1-3,8-9,16,18,22-23H,4-7,10-15H2/t18-,20+/m1/s1. The van der Waals surface area contributed by atoms with Gasteiger partial charge in [-0.2, -0.15) is 0 Å². The molecule has 0 aromatic heterocycles. The Morgan fingerprint density at radius 2 is 1.88 bits per heavy atom. The van der Waals surface area contributed by atoms with Crippen LogP contribution in [0.3, 0.4) is 0 Å². The van der Waals surface area contributed by atoms with Crippen LogP contribution < -0.4 is 0 Å². The van der Waals surface area contributed by atoms with Crippen LogP contribution in [0, 0.1) is 11.3 Å². The fourth-order valence-corrected chi connectivity index (χ4v) is 4.34. The summed E-state index contributed by atoms with van der Waals surface area (Å²) < 4.78 is 0. The van der Waals surface area contributed by atoms with Crippen molar-refractivity contribution in [1.29, 1.82) is 0 Å². The fraction of sp³-hybridized carbons (Fsp3) is 0.650. The molecule has 1 heterocycles. The van der Waals surface area contributed by atoms with Crippen LogP contribution in [0.2, 0.25) is 0 Å². The third-order valence-corrected chi connectivity index (χ3v) is 5.89. The Labute approximate surface area is 144 Å². The van der Waals surface area contributed by atoms with Gasteiger partial charge in [-0.05, 0) is 37.2 Å². The van der Waals surface area contributed by atoms with Crippen LogP contribution in [0.25, 0.3) is 0 Å². The molecular weight excluding hydrogens is 302 g/mol. The van der Waals surface area contributed by atoms with E-state index in [1.807, 2.05) is 35.2 Å². The topological polar surface area (TPSA) is 60.8 Å². The van der Waals surface area contributed by atoms with Crippen LogP contribution in [-0.4, -0.2) is 46.8 Å². The lowest BCUT2D eigenvalue weighted by Gasteiger charge is -2.45. The van der Waals surface area contributed by atoms with E-state index in [-0.39, 0.29) is 12.5 Å². The molecule has 0 radical (unpaired) electrons. The van der Waals surface area contributed by atoms with E-state index in [1.54, 1.807) is 0 Å². The number of likely N-dealkylation sites (tertiary alicyclic amines) is 1. The number of nitrogens with zero attached hydrogens (tertiary/aromatic N) is 1. The first-order valence-electron chi connectivity index (χ1n) is 9.23. The highest BCUT2D eigenvalue weighted by molar-refractivity contribution is 5.76. The van der Waals surface area contributed by atoms with Gasteiger partial charge in [-0.15, -0.1) is 0 Å². The molecule has 1 amide bonds. The van der Waals surface area contributed by atoms with Gasteiger partial charge in [0.1, 0.15) is 0 Å². The number of carbonyl (C=O) groups is 1. The molecule has 1 saturated carbocycles. The monoisotopic (exact) mass is 331 g/mol. The van der Waals surface area contributed by atoms with Gasteiger partial charge in [-0.25, -0.2) is 0 Å². The normalized spacial score (nSPS) is 28.2. The maximum absolute atomic E-state index is 12.7. The summed E-state index contributed by atoms with van der Waals surface area (Å²) in [7, 11) is 0. The quantitative estimate of drug-likeness (QED) is 0.871. The summed E-state index contributed by atoms with van der Waals surface area (Å²) in [4.78, 5) is 14.6. The van der Waals surface area contributed by atoms with Crippen molar-refractivity contribution in [1.82, 2.24) is 4.90 Å². The first-order chi connectivity index (χ1) is 11.6. The van der Waals surface area contributed by atoms with Gasteiger partial charge in [0, 0.05) is 24.9 Å². The largest absolute Gasteiger partial charge is 0.396 e. The Bertz CT molecular complexity index is 541. The summed E-state index contributed by atoms with van der Waals surface area (Å²) in [6.45, 7) is 0.949. The molecule has 1 saturated heterocycles. The molecule has 4 nitrogen and oxygen atoms in total. The van der Waals surface area contributed by atoms with Crippen molar-refractivity contribution in [2.24, 2.45) is 11.3 Å². The number of rotatable bonds is 5. The summed E-state index contributed by atoms with van der Waals surface area (Å²) in [6, 6.07) is 9.94. The van der Waals surface area contributed by atoms with E-state index in [1.165, 1.54) is 12.8 Å². The van der Waals surface area contributed by atoms with Crippen molar-refractivity contribution >= 4 is 5.91 Å². The smallest absolute Gasteiger partial charge is 0.222 e. The number of aliphatic hydroxyl groups excluding tert-OH is 2. The van der Waals surface area contributed by atoms with Gasteiger partial charge in [0.2, 0.25) is 5.91 Å². The Hall–Kier alpha value is -1.39. The zero-order valence-electron chi connectivity index (χ0n) is 14.4. The van der Waals surface area contributed by atoms with Gasteiger partial charge in [-0.3, -0.25) is 4.79 Å². The molecule has 2 N–H and O–H groups in total. The zero-order chi connectivity index (χ0) is 17.0. The van der Waals surface area contributed by atoms with Crippen LogP contribution >= 0.6 is 0 Å². The van der Waals surface area contributed by atoms with E-state index in [0.29, 0.717) is 38.3 Å². The highest BCUT2D eigenvalue weighted by atomic mass is 16.3. The van der Waals surface area contributed by atoms with Gasteiger partial charge >= 0.3 is 0 Å². The van der Waals surface area contributed by atoms with Crippen LogP contribution in [0.5, 0.6) is 0 Å². The lowest BCUT2D eigenvalue weighted by molar-refractivity contribution is -0.142. The van der Waals surface area contributed by atoms with E-state index in [9.17, 15) is 15.0 Å². The van der Waals surface area contributed by atoms with Crippen molar-refractivity contribution in [3.05, 3.63) is 35.9 Å². The number of piperidine rings is 1. The number of amides is 1. The molecular formula is C20H29NO3. The molecule has 1 aromatic carbocycles. The van der Waals surface area contributed by atoms with E-state index in [2.05, 4.69) is 0 Å². The number of carbonyl (C=O) groups excluding carboxylic acids is 1. The Kier molecular flexibility index (Phi) is 5.57. The molecule has 3 rings (SSSR count). The summed E-state index contributed by atoms with van der Waals surface area (Å²) in [5.41, 5.74) is 0.445. The lowest BCUT2D eigenvalue weighted by Crippen LogP contribution is -2.56. The highest BCUT2D eigenvalue weighted by Crippen LogP contribution is 2.35. The van der Waals surface area contributed by atoms with Crippen LogP contribution in [-0.2, 0) is 11.2 Å². The summed E-state index contributed by atoms with van der Waals surface area (Å²) >= 11 is 0. The molecule has 0 unspecified atom stereocenters. The van der Waals surface area contributed by atoms with Gasteiger partial charge in [0.25, 0.3) is 0 Å². The summed E-state index contributed by atoms with van der Waals surface area (Å²) in [5, 5.41) is 20.6. The minimum Gasteiger partial charge on any atom is -0.396 e. The van der Waals surface area contributed by atoms with Gasteiger partial charge in [0.15, 0.2) is 0 Å². The van der Waals surface area contributed by atoms with Crippen molar-refractivity contribution in [2.45, 2.75) is 51.0 Å². The third kappa shape index (κ3) is 3.81. The second kappa shape index (κ2) is 7.66. The molecule has 2 aliphatic rings. The minimum atomic E-state index is -0.648. The fourth-order valence-electron chi connectivity index (χ4n) is 4.34. The number of hydrogen-bond acceptors (Lipinski definition) is 3. The van der Waals surface area contributed by atoms with Gasteiger partial charge in [0.05, 0.1) is 12.7 Å². The average molecular weight is 331 g/mol. The molecule has 2 fully saturated rings. The van der Waals surface area contributed by atoms with Crippen LogP contribution in [0.15, 0.2) is 30.3 Å². The Balaban J connectivity index is 1.69. The minimum absolute atomic E-state index is 0.101. The maximum atomic E-state index is 12.7. The van der Waals surface area contributed by atoms with E-state index in [4.69, 9.17) is 0 Å². The molecule has 1 aliphatic heterocycles. The molecule has 1 aromatic rings. The van der Waals surface area contributed by atoms with Crippen molar-refractivity contribution < 1.29 is 15.0 Å². The second-order valence-corrected chi connectivity index (χ2v) is 7.66. The molecule has 24 heavy (non-hydrogen) atoms. The molecule has 4 heteroatoms.